The molecule has 2 saturated heterocycles. The van der Waals surface area contributed by atoms with Gasteiger partial charge in [0.1, 0.15) is 0 Å². The lowest BCUT2D eigenvalue weighted by Crippen LogP contribution is -2.46. The fraction of sp³-hybridized carbons (Fsp3) is 1.00. The van der Waals surface area contributed by atoms with Gasteiger partial charge in [-0.1, -0.05) is 0 Å². The van der Waals surface area contributed by atoms with Crippen LogP contribution < -0.4 is 0 Å². The fourth-order valence-electron chi connectivity index (χ4n) is 3.58. The summed E-state index contributed by atoms with van der Waals surface area (Å²) in [6, 6.07) is 0.570. The maximum Gasteiger partial charge on any atom is 0.0896 e. The van der Waals surface area contributed by atoms with Crippen LogP contribution in [0.3, 0.4) is 0 Å². The molecule has 2 aliphatic rings. The zero-order valence-electron chi connectivity index (χ0n) is 13.0. The fourth-order valence-corrected chi connectivity index (χ4v) is 3.58. The summed E-state index contributed by atoms with van der Waals surface area (Å²) in [4.78, 5) is 2.38. The standard InChI is InChI=1S/C15H29NO3/c1-14(2)12(13(17)15(3,4)19-14)10-16(5)11-6-8-18-9-7-11/h11-13,17H,6-10H2,1-5H3. The Hall–Kier alpha value is -0.160. The summed E-state index contributed by atoms with van der Waals surface area (Å²) in [6.45, 7) is 10.7. The quantitative estimate of drug-likeness (QED) is 0.848. The summed E-state index contributed by atoms with van der Waals surface area (Å²) in [5, 5.41) is 10.5. The first-order valence-corrected chi connectivity index (χ1v) is 7.40. The smallest absolute Gasteiger partial charge is 0.0896 e. The van der Waals surface area contributed by atoms with Crippen molar-refractivity contribution in [3.05, 3.63) is 0 Å². The topological polar surface area (TPSA) is 41.9 Å². The summed E-state index contributed by atoms with van der Waals surface area (Å²) < 4.78 is 11.5. The van der Waals surface area contributed by atoms with E-state index in [1.807, 2.05) is 13.8 Å². The lowest BCUT2D eigenvalue weighted by molar-refractivity contribution is -0.0916. The van der Waals surface area contributed by atoms with E-state index in [0.29, 0.717) is 6.04 Å². The van der Waals surface area contributed by atoms with Crippen LogP contribution in [0.1, 0.15) is 40.5 Å². The molecular formula is C15H29NO3. The largest absolute Gasteiger partial charge is 0.390 e. The molecule has 0 aliphatic carbocycles. The molecule has 0 saturated carbocycles. The first-order chi connectivity index (χ1) is 8.74. The van der Waals surface area contributed by atoms with Gasteiger partial charge in [0.15, 0.2) is 0 Å². The molecule has 4 heteroatoms. The molecule has 2 atom stereocenters. The number of aliphatic hydroxyl groups excluding tert-OH is 1. The molecule has 19 heavy (non-hydrogen) atoms. The van der Waals surface area contributed by atoms with Crippen LogP contribution in [0.2, 0.25) is 0 Å². The molecule has 2 unspecified atom stereocenters. The molecule has 0 amide bonds. The molecule has 0 radical (unpaired) electrons. The number of aliphatic hydroxyl groups is 1. The highest BCUT2D eigenvalue weighted by atomic mass is 16.5. The molecule has 0 spiro atoms. The number of nitrogens with zero attached hydrogens (tertiary/aromatic N) is 1. The predicted molar refractivity (Wildman–Crippen MR) is 75.2 cm³/mol. The minimum absolute atomic E-state index is 0.148. The molecule has 112 valence electrons. The highest BCUT2D eigenvalue weighted by Gasteiger charge is 2.53. The number of hydrogen-bond acceptors (Lipinski definition) is 4. The van der Waals surface area contributed by atoms with Crippen LogP contribution in [0, 0.1) is 5.92 Å². The number of ether oxygens (including phenoxy) is 2. The van der Waals surface area contributed by atoms with E-state index in [0.717, 1.165) is 32.6 Å². The van der Waals surface area contributed by atoms with Gasteiger partial charge in [0.05, 0.1) is 17.3 Å². The summed E-state index contributed by atoms with van der Waals surface area (Å²) in [6.07, 6.45) is 1.76. The third kappa shape index (κ3) is 3.13. The Morgan fingerprint density at radius 3 is 2.16 bits per heavy atom. The molecule has 0 aromatic carbocycles. The third-order valence-corrected chi connectivity index (χ3v) is 4.81. The van der Waals surface area contributed by atoms with Gasteiger partial charge in [0.2, 0.25) is 0 Å². The Morgan fingerprint density at radius 1 is 1.11 bits per heavy atom. The van der Waals surface area contributed by atoms with Gasteiger partial charge in [-0.25, -0.2) is 0 Å². The van der Waals surface area contributed by atoms with E-state index in [1.165, 1.54) is 0 Å². The molecule has 4 nitrogen and oxygen atoms in total. The third-order valence-electron chi connectivity index (χ3n) is 4.81. The maximum atomic E-state index is 10.5. The zero-order valence-corrected chi connectivity index (χ0v) is 13.0. The van der Waals surface area contributed by atoms with Crippen LogP contribution in [0.25, 0.3) is 0 Å². The minimum Gasteiger partial charge on any atom is -0.390 e. The Balaban J connectivity index is 2.00. The minimum atomic E-state index is -0.454. The van der Waals surface area contributed by atoms with Crippen LogP contribution in [0.4, 0.5) is 0 Å². The van der Waals surface area contributed by atoms with Gasteiger partial charge in [0.25, 0.3) is 0 Å². The van der Waals surface area contributed by atoms with Crippen LogP contribution in [0.15, 0.2) is 0 Å². The Morgan fingerprint density at radius 2 is 1.68 bits per heavy atom. The molecule has 2 rings (SSSR count). The highest BCUT2D eigenvalue weighted by Crippen LogP contribution is 2.42. The normalized spacial score (nSPS) is 34.9. The zero-order chi connectivity index (χ0) is 14.3. The second-order valence-electron chi connectivity index (χ2n) is 7.14. The van der Waals surface area contributed by atoms with Crippen molar-refractivity contribution in [2.24, 2.45) is 5.92 Å². The van der Waals surface area contributed by atoms with Crippen molar-refractivity contribution in [2.75, 3.05) is 26.8 Å². The van der Waals surface area contributed by atoms with Gasteiger partial charge >= 0.3 is 0 Å². The molecule has 0 bridgehead atoms. The van der Waals surface area contributed by atoms with E-state index in [2.05, 4.69) is 25.8 Å². The molecule has 0 aromatic rings. The molecule has 1 N–H and O–H groups in total. The van der Waals surface area contributed by atoms with Crippen molar-refractivity contribution in [3.8, 4) is 0 Å². The lowest BCUT2D eigenvalue weighted by atomic mass is 9.84. The molecule has 2 heterocycles. The van der Waals surface area contributed by atoms with E-state index in [-0.39, 0.29) is 11.5 Å². The van der Waals surface area contributed by atoms with Crippen molar-refractivity contribution in [3.63, 3.8) is 0 Å². The average molecular weight is 271 g/mol. The second kappa shape index (κ2) is 5.32. The summed E-state index contributed by atoms with van der Waals surface area (Å²) in [7, 11) is 2.16. The van der Waals surface area contributed by atoms with E-state index in [9.17, 15) is 5.11 Å². The van der Waals surface area contributed by atoms with Crippen molar-refractivity contribution in [2.45, 2.75) is 63.9 Å². The Kier molecular flexibility index (Phi) is 4.26. The van der Waals surface area contributed by atoms with Crippen LogP contribution in [0.5, 0.6) is 0 Å². The maximum absolute atomic E-state index is 10.5. The molecule has 0 aromatic heterocycles. The van der Waals surface area contributed by atoms with Crippen molar-refractivity contribution in [1.29, 1.82) is 0 Å². The second-order valence-corrected chi connectivity index (χ2v) is 7.14. The van der Waals surface area contributed by atoms with Gasteiger partial charge < -0.3 is 19.5 Å². The van der Waals surface area contributed by atoms with Gasteiger partial charge in [-0.2, -0.15) is 0 Å². The predicted octanol–water partition coefficient (Wildman–Crippen LogP) is 1.66. The Labute approximate surface area is 117 Å². The van der Waals surface area contributed by atoms with Crippen LogP contribution >= 0.6 is 0 Å². The van der Waals surface area contributed by atoms with E-state index in [1.54, 1.807) is 0 Å². The van der Waals surface area contributed by atoms with Crippen molar-refractivity contribution in [1.82, 2.24) is 4.90 Å². The first-order valence-electron chi connectivity index (χ1n) is 7.40. The van der Waals surface area contributed by atoms with E-state index < -0.39 is 11.7 Å². The monoisotopic (exact) mass is 271 g/mol. The van der Waals surface area contributed by atoms with E-state index >= 15 is 0 Å². The average Bonchev–Trinajstić information content (AvgIpc) is 2.48. The summed E-state index contributed by atoms with van der Waals surface area (Å²) >= 11 is 0. The summed E-state index contributed by atoms with van der Waals surface area (Å²) in [5.41, 5.74) is -0.729. The lowest BCUT2D eigenvalue weighted by Gasteiger charge is -2.36. The highest BCUT2D eigenvalue weighted by molar-refractivity contribution is 5.02. The van der Waals surface area contributed by atoms with Crippen molar-refractivity contribution < 1.29 is 14.6 Å². The van der Waals surface area contributed by atoms with Gasteiger partial charge in [-0.15, -0.1) is 0 Å². The van der Waals surface area contributed by atoms with Crippen molar-refractivity contribution >= 4 is 0 Å². The first kappa shape index (κ1) is 15.2. The number of rotatable bonds is 3. The summed E-state index contributed by atoms with van der Waals surface area (Å²) in [5.74, 6) is 0.148. The van der Waals surface area contributed by atoms with Gasteiger partial charge in [-0.05, 0) is 47.6 Å². The number of hydrogen-bond donors (Lipinski definition) is 1. The van der Waals surface area contributed by atoms with Crippen LogP contribution in [-0.4, -0.2) is 60.2 Å². The van der Waals surface area contributed by atoms with Crippen LogP contribution in [-0.2, 0) is 9.47 Å². The molecule has 2 aliphatic heterocycles. The molecular weight excluding hydrogens is 242 g/mol. The SMILES string of the molecule is CN(CC1C(O)C(C)(C)OC1(C)C)C1CCOCC1. The Bertz CT molecular complexity index is 311. The van der Waals surface area contributed by atoms with Gasteiger partial charge in [0, 0.05) is 31.7 Å². The van der Waals surface area contributed by atoms with Gasteiger partial charge in [-0.3, -0.25) is 0 Å². The molecule has 2 fully saturated rings. The van der Waals surface area contributed by atoms with E-state index in [4.69, 9.17) is 9.47 Å².